The molecule has 0 unspecified atom stereocenters. The van der Waals surface area contributed by atoms with Crippen LogP contribution in [0.3, 0.4) is 0 Å². The number of benzene rings is 1. The van der Waals surface area contributed by atoms with E-state index in [0.29, 0.717) is 5.56 Å². The molecule has 0 spiro atoms. The van der Waals surface area contributed by atoms with Gasteiger partial charge < -0.3 is 14.4 Å². The third kappa shape index (κ3) is 4.16. The second-order valence-electron chi connectivity index (χ2n) is 7.02. The molecule has 0 saturated heterocycles. The molecule has 2 rings (SSSR count). The van der Waals surface area contributed by atoms with Crippen molar-refractivity contribution in [2.24, 2.45) is 0 Å². The minimum Gasteiger partial charge on any atom is -0.466 e. The molecule has 0 fully saturated rings. The summed E-state index contributed by atoms with van der Waals surface area (Å²) in [6.45, 7) is 5.74. The molecule has 1 aromatic carbocycles. The van der Waals surface area contributed by atoms with Crippen molar-refractivity contribution in [2.45, 2.75) is 32.2 Å². The summed E-state index contributed by atoms with van der Waals surface area (Å²) in [6, 6.07) is 5.81. The molecule has 8 nitrogen and oxygen atoms in total. The van der Waals surface area contributed by atoms with Crippen LogP contribution in [-0.4, -0.2) is 41.5 Å². The minimum atomic E-state index is -0.844. The Morgan fingerprint density at radius 3 is 2.00 bits per heavy atom. The van der Waals surface area contributed by atoms with Gasteiger partial charge in [-0.1, -0.05) is 12.1 Å². The van der Waals surface area contributed by atoms with E-state index in [4.69, 9.17) is 9.47 Å². The first-order valence-electron chi connectivity index (χ1n) is 8.23. The van der Waals surface area contributed by atoms with Gasteiger partial charge in [0.15, 0.2) is 0 Å². The van der Waals surface area contributed by atoms with Gasteiger partial charge >= 0.3 is 11.9 Å². The van der Waals surface area contributed by atoms with Crippen LogP contribution in [-0.2, 0) is 19.1 Å². The number of methoxy groups -OCH3 is 2. The monoisotopic (exact) mass is 374 g/mol. The first-order chi connectivity index (χ1) is 12.6. The lowest BCUT2D eigenvalue weighted by molar-refractivity contribution is -0.384. The molecule has 0 saturated carbocycles. The van der Waals surface area contributed by atoms with Crippen molar-refractivity contribution in [3.05, 3.63) is 63.5 Å². The van der Waals surface area contributed by atoms with Crippen molar-refractivity contribution in [1.29, 1.82) is 0 Å². The van der Waals surface area contributed by atoms with Crippen molar-refractivity contribution < 1.29 is 24.0 Å². The smallest absolute Gasteiger partial charge is 0.336 e. The molecule has 1 aliphatic heterocycles. The summed E-state index contributed by atoms with van der Waals surface area (Å²) in [4.78, 5) is 37.3. The number of carbonyl (C=O) groups excluding carboxylic acids is 2. The number of non-ortho nitro benzene ring substituents is 1. The number of hydrogen-bond acceptors (Lipinski definition) is 7. The first kappa shape index (κ1) is 20.2. The lowest BCUT2D eigenvalue weighted by Gasteiger charge is -2.37. The zero-order valence-corrected chi connectivity index (χ0v) is 15.9. The molecular formula is C19H22N2O6. The van der Waals surface area contributed by atoms with Crippen molar-refractivity contribution in [2.75, 3.05) is 14.2 Å². The number of carbonyl (C=O) groups is 2. The van der Waals surface area contributed by atoms with Crippen LogP contribution in [0.25, 0.3) is 0 Å². The third-order valence-electron chi connectivity index (χ3n) is 4.21. The molecule has 0 bridgehead atoms. The van der Waals surface area contributed by atoms with E-state index in [2.05, 4.69) is 0 Å². The van der Waals surface area contributed by atoms with Gasteiger partial charge in [0, 0.05) is 30.1 Å². The Labute approximate surface area is 157 Å². The van der Waals surface area contributed by atoms with Gasteiger partial charge in [0.1, 0.15) is 0 Å². The highest BCUT2D eigenvalue weighted by molar-refractivity contribution is 5.98. The van der Waals surface area contributed by atoms with Crippen LogP contribution in [0, 0.1) is 10.1 Å². The topological polar surface area (TPSA) is 99.0 Å². The second-order valence-corrected chi connectivity index (χ2v) is 7.02. The average Bonchev–Trinajstić information content (AvgIpc) is 2.64. The van der Waals surface area contributed by atoms with Gasteiger partial charge in [-0.15, -0.1) is 0 Å². The van der Waals surface area contributed by atoms with E-state index in [1.165, 1.54) is 32.4 Å². The predicted molar refractivity (Wildman–Crippen MR) is 97.6 cm³/mol. The largest absolute Gasteiger partial charge is 0.466 e. The Hall–Kier alpha value is -3.16. The standard InChI is InChI=1S/C19H22N2O6/c1-19(2,3)20-10-14(17(22)26-4)16(15(11-20)18(23)27-5)12-7-6-8-13(9-12)21(24)25/h6-11,16H,1-5H3. The molecular weight excluding hydrogens is 352 g/mol. The van der Waals surface area contributed by atoms with E-state index in [1.807, 2.05) is 20.8 Å². The third-order valence-corrected chi connectivity index (χ3v) is 4.21. The highest BCUT2D eigenvalue weighted by atomic mass is 16.6. The summed E-state index contributed by atoms with van der Waals surface area (Å²) >= 11 is 0. The summed E-state index contributed by atoms with van der Waals surface area (Å²) in [5, 5.41) is 11.1. The quantitative estimate of drug-likeness (QED) is 0.454. The van der Waals surface area contributed by atoms with E-state index >= 15 is 0 Å². The SMILES string of the molecule is COC(=O)C1=CN(C(C)(C)C)C=C(C(=O)OC)C1c1cccc([N+](=O)[O-])c1. The Bertz CT molecular complexity index is 801. The highest BCUT2D eigenvalue weighted by Gasteiger charge is 2.37. The Morgan fingerprint density at radius 1 is 1.07 bits per heavy atom. The number of nitro groups is 1. The van der Waals surface area contributed by atoms with Crippen LogP contribution in [0.1, 0.15) is 32.3 Å². The van der Waals surface area contributed by atoms with E-state index in [0.717, 1.165) is 0 Å². The summed E-state index contributed by atoms with van der Waals surface area (Å²) in [6.07, 6.45) is 3.20. The molecule has 27 heavy (non-hydrogen) atoms. The fourth-order valence-electron chi connectivity index (χ4n) is 2.79. The van der Waals surface area contributed by atoms with Gasteiger partial charge in [-0.25, -0.2) is 9.59 Å². The zero-order chi connectivity index (χ0) is 20.4. The van der Waals surface area contributed by atoms with Crippen molar-refractivity contribution in [1.82, 2.24) is 4.90 Å². The summed E-state index contributed by atoms with van der Waals surface area (Å²) in [5.74, 6) is -2.10. The first-order valence-corrected chi connectivity index (χ1v) is 8.23. The maximum absolute atomic E-state index is 12.5. The number of nitrogens with zero attached hydrogens (tertiary/aromatic N) is 2. The van der Waals surface area contributed by atoms with Gasteiger partial charge in [0.05, 0.1) is 36.2 Å². The molecule has 0 aromatic heterocycles. The maximum atomic E-state index is 12.5. The van der Waals surface area contributed by atoms with E-state index < -0.39 is 28.3 Å². The molecule has 0 aliphatic carbocycles. The normalized spacial score (nSPS) is 14.9. The van der Waals surface area contributed by atoms with Gasteiger partial charge in [-0.2, -0.15) is 0 Å². The number of esters is 2. The fraction of sp³-hybridized carbons (Fsp3) is 0.368. The average molecular weight is 374 g/mol. The Morgan fingerprint density at radius 2 is 1.59 bits per heavy atom. The van der Waals surface area contributed by atoms with Gasteiger partial charge in [0.2, 0.25) is 0 Å². The number of nitro benzene ring substituents is 1. The van der Waals surface area contributed by atoms with Crippen LogP contribution in [0.15, 0.2) is 47.8 Å². The molecule has 8 heteroatoms. The number of rotatable bonds is 4. The van der Waals surface area contributed by atoms with Crippen molar-refractivity contribution in [3.8, 4) is 0 Å². The summed E-state index contributed by atoms with van der Waals surface area (Å²) in [5.41, 5.74) is 0.239. The Balaban J connectivity index is 2.70. The molecule has 1 aromatic rings. The molecule has 0 atom stereocenters. The molecule has 0 N–H and O–H groups in total. The molecule has 0 amide bonds. The minimum absolute atomic E-state index is 0.140. The Kier molecular flexibility index (Phi) is 5.68. The van der Waals surface area contributed by atoms with Crippen LogP contribution in [0.2, 0.25) is 0 Å². The van der Waals surface area contributed by atoms with Crippen molar-refractivity contribution >= 4 is 17.6 Å². The highest BCUT2D eigenvalue weighted by Crippen LogP contribution is 2.39. The van der Waals surface area contributed by atoms with Crippen molar-refractivity contribution in [3.63, 3.8) is 0 Å². The van der Waals surface area contributed by atoms with Crippen LogP contribution >= 0.6 is 0 Å². The summed E-state index contributed by atoms with van der Waals surface area (Å²) in [7, 11) is 2.48. The second kappa shape index (κ2) is 7.61. The van der Waals surface area contributed by atoms with E-state index in [9.17, 15) is 19.7 Å². The predicted octanol–water partition coefficient (Wildman–Crippen LogP) is 2.91. The molecule has 0 radical (unpaired) electrons. The van der Waals surface area contributed by atoms with Crippen LogP contribution in [0.4, 0.5) is 5.69 Å². The fourth-order valence-corrected chi connectivity index (χ4v) is 2.79. The van der Waals surface area contributed by atoms with E-state index in [1.54, 1.807) is 23.4 Å². The molecule has 144 valence electrons. The molecule has 1 aliphatic rings. The lowest BCUT2D eigenvalue weighted by Crippen LogP contribution is -2.38. The summed E-state index contributed by atoms with van der Waals surface area (Å²) < 4.78 is 9.79. The van der Waals surface area contributed by atoms with Gasteiger partial charge in [0.25, 0.3) is 5.69 Å². The number of ether oxygens (including phenoxy) is 2. The van der Waals surface area contributed by atoms with Gasteiger partial charge in [-0.05, 0) is 26.3 Å². The lowest BCUT2D eigenvalue weighted by atomic mass is 9.82. The van der Waals surface area contributed by atoms with Gasteiger partial charge in [-0.3, -0.25) is 10.1 Å². The number of hydrogen-bond donors (Lipinski definition) is 0. The van der Waals surface area contributed by atoms with E-state index in [-0.39, 0.29) is 16.8 Å². The molecule has 1 heterocycles. The maximum Gasteiger partial charge on any atom is 0.336 e. The zero-order valence-electron chi connectivity index (χ0n) is 15.9. The van der Waals surface area contributed by atoms with Crippen LogP contribution in [0.5, 0.6) is 0 Å². The van der Waals surface area contributed by atoms with Crippen LogP contribution < -0.4 is 0 Å².